The Hall–Kier alpha value is -2.92. The first-order valence-electron chi connectivity index (χ1n) is 10.2. The molecule has 4 rings (SSSR count). The van der Waals surface area contributed by atoms with Crippen LogP contribution in [-0.2, 0) is 17.9 Å². The highest BCUT2D eigenvalue weighted by molar-refractivity contribution is 5.94. The minimum absolute atomic E-state index is 0.128. The van der Waals surface area contributed by atoms with Gasteiger partial charge in [0, 0.05) is 44.2 Å². The molecular formula is C24H27N3O2. The van der Waals surface area contributed by atoms with Crippen molar-refractivity contribution in [3.63, 3.8) is 0 Å². The number of nitrogens with zero attached hydrogens (tertiary/aromatic N) is 3. The van der Waals surface area contributed by atoms with Crippen molar-refractivity contribution in [2.75, 3.05) is 19.7 Å². The van der Waals surface area contributed by atoms with Crippen LogP contribution in [0.25, 0.3) is 0 Å². The first-order chi connectivity index (χ1) is 14.3. The van der Waals surface area contributed by atoms with Gasteiger partial charge in [0.1, 0.15) is 0 Å². The average molecular weight is 389 g/mol. The van der Waals surface area contributed by atoms with E-state index in [0.29, 0.717) is 12.5 Å². The largest absolute Gasteiger partial charge is 0.376 e. The van der Waals surface area contributed by atoms with Gasteiger partial charge in [-0.2, -0.15) is 0 Å². The zero-order chi connectivity index (χ0) is 19.9. The number of ether oxygens (including phenoxy) is 1. The Morgan fingerprint density at radius 1 is 1.00 bits per heavy atom. The maximum absolute atomic E-state index is 12.8. The summed E-state index contributed by atoms with van der Waals surface area (Å²) in [6, 6.07) is 18.2. The van der Waals surface area contributed by atoms with Gasteiger partial charge in [-0.05, 0) is 42.0 Å². The molecule has 1 saturated heterocycles. The van der Waals surface area contributed by atoms with Crippen LogP contribution in [-0.4, -0.2) is 40.1 Å². The van der Waals surface area contributed by atoms with Crippen molar-refractivity contribution in [2.24, 2.45) is 5.92 Å². The Kier molecular flexibility index (Phi) is 6.37. The molecule has 0 atom stereocenters. The van der Waals surface area contributed by atoms with E-state index in [1.807, 2.05) is 58.1 Å². The van der Waals surface area contributed by atoms with E-state index in [0.717, 1.165) is 50.2 Å². The molecule has 0 N–H and O–H groups in total. The number of amides is 1. The lowest BCUT2D eigenvalue weighted by atomic mass is 9.97. The van der Waals surface area contributed by atoms with Crippen LogP contribution >= 0.6 is 0 Å². The molecule has 1 amide bonds. The number of likely N-dealkylation sites (tertiary alicyclic amines) is 1. The van der Waals surface area contributed by atoms with Crippen molar-refractivity contribution in [3.05, 3.63) is 90.0 Å². The highest BCUT2D eigenvalue weighted by Crippen LogP contribution is 2.20. The van der Waals surface area contributed by atoms with Crippen LogP contribution < -0.4 is 0 Å². The average Bonchev–Trinajstić information content (AvgIpc) is 3.28. The molecular weight excluding hydrogens is 362 g/mol. The molecule has 2 heterocycles. The fourth-order valence-corrected chi connectivity index (χ4v) is 3.75. The van der Waals surface area contributed by atoms with Gasteiger partial charge in [-0.3, -0.25) is 4.79 Å². The van der Waals surface area contributed by atoms with Gasteiger partial charge < -0.3 is 14.2 Å². The summed E-state index contributed by atoms with van der Waals surface area (Å²) in [6.07, 6.45) is 7.51. The van der Waals surface area contributed by atoms with Crippen LogP contribution in [0.1, 0.15) is 34.3 Å². The molecule has 5 nitrogen and oxygen atoms in total. The van der Waals surface area contributed by atoms with E-state index in [4.69, 9.17) is 4.74 Å². The number of benzene rings is 2. The SMILES string of the molecule is O=C(c1ccc(Cn2ccnc2)cc1)N1CCC(COCc2ccccc2)CC1. The van der Waals surface area contributed by atoms with Crippen LogP contribution in [0.4, 0.5) is 0 Å². The van der Waals surface area contributed by atoms with Crippen molar-refractivity contribution in [1.82, 2.24) is 14.5 Å². The molecule has 0 spiro atoms. The van der Waals surface area contributed by atoms with Gasteiger partial charge in [-0.1, -0.05) is 42.5 Å². The topological polar surface area (TPSA) is 47.4 Å². The number of carbonyl (C=O) groups is 1. The predicted molar refractivity (Wildman–Crippen MR) is 112 cm³/mol. The fourth-order valence-electron chi connectivity index (χ4n) is 3.75. The summed E-state index contributed by atoms with van der Waals surface area (Å²) in [5, 5.41) is 0. The molecule has 1 aromatic heterocycles. The number of imidazole rings is 1. The summed E-state index contributed by atoms with van der Waals surface area (Å²) < 4.78 is 7.90. The van der Waals surface area contributed by atoms with Crippen molar-refractivity contribution in [3.8, 4) is 0 Å². The third kappa shape index (κ3) is 5.33. The molecule has 0 aliphatic carbocycles. The molecule has 1 aliphatic rings. The van der Waals surface area contributed by atoms with Crippen molar-refractivity contribution < 1.29 is 9.53 Å². The summed E-state index contributed by atoms with van der Waals surface area (Å²) in [5.41, 5.74) is 3.13. The summed E-state index contributed by atoms with van der Waals surface area (Å²) in [5.74, 6) is 0.656. The Morgan fingerprint density at radius 2 is 1.76 bits per heavy atom. The number of piperidine rings is 1. The summed E-state index contributed by atoms with van der Waals surface area (Å²) >= 11 is 0. The van der Waals surface area contributed by atoms with Crippen LogP contribution in [0, 0.1) is 5.92 Å². The molecule has 5 heteroatoms. The lowest BCUT2D eigenvalue weighted by Gasteiger charge is -2.32. The number of hydrogen-bond donors (Lipinski definition) is 0. The Labute approximate surface area is 171 Å². The molecule has 3 aromatic rings. The maximum atomic E-state index is 12.8. The Balaban J connectivity index is 1.22. The van der Waals surface area contributed by atoms with E-state index >= 15 is 0 Å². The lowest BCUT2D eigenvalue weighted by Crippen LogP contribution is -2.39. The number of rotatable bonds is 7. The summed E-state index contributed by atoms with van der Waals surface area (Å²) in [6.45, 7) is 3.79. The normalized spacial score (nSPS) is 14.8. The minimum Gasteiger partial charge on any atom is -0.376 e. The molecule has 1 aliphatic heterocycles. The van der Waals surface area contributed by atoms with Crippen LogP contribution in [0.2, 0.25) is 0 Å². The zero-order valence-electron chi connectivity index (χ0n) is 16.6. The van der Waals surface area contributed by atoms with Crippen molar-refractivity contribution in [2.45, 2.75) is 26.0 Å². The van der Waals surface area contributed by atoms with E-state index < -0.39 is 0 Å². The fraction of sp³-hybridized carbons (Fsp3) is 0.333. The molecule has 0 unspecified atom stereocenters. The quantitative estimate of drug-likeness (QED) is 0.614. The van der Waals surface area contributed by atoms with E-state index in [-0.39, 0.29) is 5.91 Å². The standard InChI is InChI=1S/C24H27N3O2/c28-24(23-8-6-20(7-9-23)16-26-15-12-25-19-26)27-13-10-22(11-14-27)18-29-17-21-4-2-1-3-5-21/h1-9,12,15,19,22H,10-11,13-14,16-18H2. The van der Waals surface area contributed by atoms with E-state index in [9.17, 15) is 4.79 Å². The van der Waals surface area contributed by atoms with Crippen molar-refractivity contribution in [1.29, 1.82) is 0 Å². The first-order valence-corrected chi connectivity index (χ1v) is 10.2. The molecule has 2 aromatic carbocycles. The van der Waals surface area contributed by atoms with Gasteiger partial charge >= 0.3 is 0 Å². The van der Waals surface area contributed by atoms with E-state index in [2.05, 4.69) is 17.1 Å². The number of hydrogen-bond acceptors (Lipinski definition) is 3. The smallest absolute Gasteiger partial charge is 0.253 e. The van der Waals surface area contributed by atoms with E-state index in [1.54, 1.807) is 12.5 Å². The van der Waals surface area contributed by atoms with Gasteiger partial charge in [0.25, 0.3) is 5.91 Å². The summed E-state index contributed by atoms with van der Waals surface area (Å²) in [7, 11) is 0. The van der Waals surface area contributed by atoms with Crippen LogP contribution in [0.5, 0.6) is 0 Å². The monoisotopic (exact) mass is 389 g/mol. The second-order valence-corrected chi connectivity index (χ2v) is 7.67. The molecule has 150 valence electrons. The molecule has 0 saturated carbocycles. The summed E-state index contributed by atoms with van der Waals surface area (Å²) in [4.78, 5) is 18.8. The Bertz CT molecular complexity index is 884. The van der Waals surface area contributed by atoms with Crippen LogP contribution in [0.3, 0.4) is 0 Å². The molecule has 1 fully saturated rings. The third-order valence-corrected chi connectivity index (χ3v) is 5.49. The van der Waals surface area contributed by atoms with E-state index in [1.165, 1.54) is 5.56 Å². The third-order valence-electron chi connectivity index (χ3n) is 5.49. The predicted octanol–water partition coefficient (Wildman–Crippen LogP) is 4.00. The highest BCUT2D eigenvalue weighted by Gasteiger charge is 2.23. The highest BCUT2D eigenvalue weighted by atomic mass is 16.5. The van der Waals surface area contributed by atoms with Gasteiger partial charge in [0.15, 0.2) is 0 Å². The van der Waals surface area contributed by atoms with Crippen LogP contribution in [0.15, 0.2) is 73.3 Å². The second-order valence-electron chi connectivity index (χ2n) is 7.67. The van der Waals surface area contributed by atoms with Crippen molar-refractivity contribution >= 4 is 5.91 Å². The molecule has 0 radical (unpaired) electrons. The second kappa shape index (κ2) is 9.52. The van der Waals surface area contributed by atoms with Gasteiger partial charge in [0.05, 0.1) is 12.9 Å². The number of carbonyl (C=O) groups excluding carboxylic acids is 1. The zero-order valence-corrected chi connectivity index (χ0v) is 16.6. The lowest BCUT2D eigenvalue weighted by molar-refractivity contribution is 0.0478. The molecule has 29 heavy (non-hydrogen) atoms. The Morgan fingerprint density at radius 3 is 2.45 bits per heavy atom. The maximum Gasteiger partial charge on any atom is 0.253 e. The first kappa shape index (κ1) is 19.4. The molecule has 0 bridgehead atoms. The van der Waals surface area contributed by atoms with Gasteiger partial charge in [-0.15, -0.1) is 0 Å². The van der Waals surface area contributed by atoms with Gasteiger partial charge in [0.2, 0.25) is 0 Å². The minimum atomic E-state index is 0.128. The van der Waals surface area contributed by atoms with Gasteiger partial charge in [-0.25, -0.2) is 4.98 Å². The number of aromatic nitrogens is 2.